The van der Waals surface area contributed by atoms with E-state index in [0.29, 0.717) is 6.04 Å². The molecule has 0 saturated carbocycles. The maximum atomic E-state index is 3.82. The van der Waals surface area contributed by atoms with E-state index in [1.54, 1.807) is 4.68 Å². The topological polar surface area (TPSA) is 30.7 Å². The van der Waals surface area contributed by atoms with Gasteiger partial charge in [-0.1, -0.05) is 17.1 Å². The zero-order valence-electron chi connectivity index (χ0n) is 9.28. The summed E-state index contributed by atoms with van der Waals surface area (Å²) in [4.78, 5) is 0. The van der Waals surface area contributed by atoms with Crippen molar-refractivity contribution in [1.82, 2.24) is 15.0 Å². The fourth-order valence-corrected chi connectivity index (χ4v) is 0.566. The molecule has 0 saturated heterocycles. The van der Waals surface area contributed by atoms with E-state index in [-0.39, 0.29) is 51.4 Å². The van der Waals surface area contributed by atoms with Gasteiger partial charge in [0.1, 0.15) is 0 Å². The van der Waals surface area contributed by atoms with E-state index >= 15 is 0 Å². The summed E-state index contributed by atoms with van der Waals surface area (Å²) in [5.41, 5.74) is 0.726. The first-order valence-corrected chi connectivity index (χ1v) is 4.09. The van der Waals surface area contributed by atoms with E-state index in [4.69, 9.17) is 0 Å². The van der Waals surface area contributed by atoms with Gasteiger partial charge in [-0.05, 0) is 13.8 Å². The average Bonchev–Trinajstić information content (AvgIpc) is 2.37. The second-order valence-electron chi connectivity index (χ2n) is 2.86. The molecule has 0 aliphatic rings. The molecule has 1 heterocycles. The summed E-state index contributed by atoms with van der Waals surface area (Å²) in [6.45, 7) is 11.7. The largest absolute Gasteiger partial charge is 1.00 e. The van der Waals surface area contributed by atoms with Crippen LogP contribution in [0.15, 0.2) is 6.20 Å². The average molecular weight is 206 g/mol. The molecular weight excluding hydrogens is 189 g/mol. The van der Waals surface area contributed by atoms with Crippen molar-refractivity contribution in [1.29, 1.82) is 0 Å². The maximum absolute atomic E-state index is 3.82. The van der Waals surface area contributed by atoms with Crippen LogP contribution in [0.1, 0.15) is 39.4 Å². The standard InChI is InChI=1S/C6H10N3.C3H7.K/c1-5(2)9-4-6(3)7-8-9;1-3-2;/h4-5H,3H2,1-2H3;3H,1-2H3;/q2*-1;+1. The van der Waals surface area contributed by atoms with Crippen LogP contribution in [0.5, 0.6) is 0 Å². The number of hydrogen-bond acceptors (Lipinski definition) is 2. The molecule has 0 atom stereocenters. The number of rotatable bonds is 1. The molecule has 13 heavy (non-hydrogen) atoms. The van der Waals surface area contributed by atoms with Crippen molar-refractivity contribution in [3.63, 3.8) is 0 Å². The molecule has 0 spiro atoms. The van der Waals surface area contributed by atoms with E-state index in [0.717, 1.165) is 5.69 Å². The smallest absolute Gasteiger partial charge is 0.335 e. The van der Waals surface area contributed by atoms with Gasteiger partial charge < -0.3 is 11.1 Å². The second-order valence-corrected chi connectivity index (χ2v) is 2.86. The number of nitrogens with zero attached hydrogens (tertiary/aromatic N) is 3. The Labute approximate surface area is 124 Å². The third-order valence-electron chi connectivity index (χ3n) is 1.09. The molecule has 1 aromatic heterocycles. The maximum Gasteiger partial charge on any atom is 1.00 e. The molecule has 4 heteroatoms. The normalized spacial score (nSPS) is 8.69. The van der Waals surface area contributed by atoms with Gasteiger partial charge >= 0.3 is 51.4 Å². The van der Waals surface area contributed by atoms with Crippen molar-refractivity contribution in [2.75, 3.05) is 0 Å². The van der Waals surface area contributed by atoms with E-state index < -0.39 is 0 Å². The summed E-state index contributed by atoms with van der Waals surface area (Å²) in [5.74, 6) is 0. The zero-order valence-corrected chi connectivity index (χ0v) is 12.4. The summed E-state index contributed by atoms with van der Waals surface area (Å²) in [5, 5.41) is 7.56. The van der Waals surface area contributed by atoms with Crippen molar-refractivity contribution < 1.29 is 51.4 Å². The van der Waals surface area contributed by atoms with E-state index in [1.807, 2.05) is 40.3 Å². The molecule has 0 bridgehead atoms. The summed E-state index contributed by atoms with van der Waals surface area (Å²) in [6, 6.07) is 0.382. The summed E-state index contributed by atoms with van der Waals surface area (Å²) in [6.07, 6.45) is 3.82. The van der Waals surface area contributed by atoms with Crippen LogP contribution < -0.4 is 51.4 Å². The second kappa shape index (κ2) is 9.21. The van der Waals surface area contributed by atoms with Gasteiger partial charge in [-0.3, -0.25) is 0 Å². The Hall–Kier alpha value is 0.646. The van der Waals surface area contributed by atoms with Crippen LogP contribution in [0.4, 0.5) is 0 Å². The van der Waals surface area contributed by atoms with Crippen LogP contribution in [-0.2, 0) is 0 Å². The van der Waals surface area contributed by atoms with Gasteiger partial charge in [-0.25, -0.2) is 6.92 Å². The number of aromatic nitrogens is 3. The van der Waals surface area contributed by atoms with Crippen molar-refractivity contribution in [2.24, 2.45) is 0 Å². The van der Waals surface area contributed by atoms with Gasteiger partial charge in [-0.2, -0.15) is 18.9 Å². The molecule has 0 fully saturated rings. The van der Waals surface area contributed by atoms with Crippen molar-refractivity contribution in [3.05, 3.63) is 25.2 Å². The molecule has 0 aliphatic heterocycles. The molecule has 1 rings (SSSR count). The van der Waals surface area contributed by atoms with Crippen LogP contribution in [0.25, 0.3) is 0 Å². The van der Waals surface area contributed by atoms with Crippen LogP contribution in [0.2, 0.25) is 0 Å². The third-order valence-corrected chi connectivity index (χ3v) is 1.09. The van der Waals surface area contributed by atoms with Crippen LogP contribution in [-0.4, -0.2) is 15.0 Å². The SMILES string of the molecule is C[CH-]C.[CH2-]c1cn(C(C)C)nn1.[K+]. The fourth-order valence-electron chi connectivity index (χ4n) is 0.566. The van der Waals surface area contributed by atoms with Crippen molar-refractivity contribution in [3.8, 4) is 0 Å². The Balaban J connectivity index is 0. The minimum Gasteiger partial charge on any atom is -0.335 e. The molecule has 70 valence electrons. The molecule has 0 aromatic carbocycles. The Morgan fingerprint density at radius 1 is 1.46 bits per heavy atom. The van der Waals surface area contributed by atoms with Gasteiger partial charge in [-0.15, -0.1) is 0 Å². The molecular formula is C9H17KN3-. The molecule has 1 aromatic rings. The van der Waals surface area contributed by atoms with Crippen LogP contribution in [0.3, 0.4) is 0 Å². The Morgan fingerprint density at radius 2 is 1.92 bits per heavy atom. The van der Waals surface area contributed by atoms with Crippen molar-refractivity contribution >= 4 is 0 Å². The predicted molar refractivity (Wildman–Crippen MR) is 50.5 cm³/mol. The Morgan fingerprint density at radius 3 is 2.08 bits per heavy atom. The quantitative estimate of drug-likeness (QED) is 0.448. The monoisotopic (exact) mass is 206 g/mol. The Kier molecular flexibility index (Phi) is 11.4. The molecule has 0 aliphatic carbocycles. The van der Waals surface area contributed by atoms with Crippen LogP contribution in [0, 0.1) is 13.3 Å². The number of hydrogen-bond donors (Lipinski definition) is 0. The summed E-state index contributed by atoms with van der Waals surface area (Å²) >= 11 is 0. The van der Waals surface area contributed by atoms with Crippen molar-refractivity contribution in [2.45, 2.75) is 33.7 Å². The summed E-state index contributed by atoms with van der Waals surface area (Å²) in [7, 11) is 0. The van der Waals surface area contributed by atoms with E-state index in [1.165, 1.54) is 0 Å². The van der Waals surface area contributed by atoms with E-state index in [2.05, 4.69) is 17.2 Å². The van der Waals surface area contributed by atoms with Gasteiger partial charge in [0.05, 0.1) is 0 Å². The van der Waals surface area contributed by atoms with E-state index in [9.17, 15) is 0 Å². The first-order chi connectivity index (χ1) is 5.61. The van der Waals surface area contributed by atoms with Gasteiger partial charge in [0.2, 0.25) is 0 Å². The molecule has 0 radical (unpaired) electrons. The zero-order chi connectivity index (χ0) is 9.56. The van der Waals surface area contributed by atoms with Gasteiger partial charge in [0, 0.05) is 6.04 Å². The molecule has 3 nitrogen and oxygen atoms in total. The first-order valence-electron chi connectivity index (χ1n) is 4.09. The van der Waals surface area contributed by atoms with Gasteiger partial charge in [0.25, 0.3) is 0 Å². The molecule has 0 amide bonds. The first kappa shape index (κ1) is 16.1. The van der Waals surface area contributed by atoms with Gasteiger partial charge in [0.15, 0.2) is 0 Å². The fraction of sp³-hybridized carbons (Fsp3) is 0.556. The predicted octanol–water partition coefficient (Wildman–Crippen LogP) is -0.724. The third kappa shape index (κ3) is 7.70. The summed E-state index contributed by atoms with van der Waals surface area (Å²) < 4.78 is 1.78. The van der Waals surface area contributed by atoms with Crippen LogP contribution >= 0.6 is 0 Å². The Bertz CT molecular complexity index is 208. The molecule has 0 unspecified atom stereocenters. The minimum absolute atomic E-state index is 0. The molecule has 0 N–H and O–H groups in total. The minimum atomic E-state index is 0.